The molecule has 74 valence electrons. The fourth-order valence-corrected chi connectivity index (χ4v) is 1.30. The van der Waals surface area contributed by atoms with Crippen LogP contribution in [-0.4, -0.2) is 0 Å². The van der Waals surface area contributed by atoms with Gasteiger partial charge in [-0.3, -0.25) is 4.84 Å². The average molecular weight is 199 g/mol. The van der Waals surface area contributed by atoms with Crippen LogP contribution in [0.1, 0.15) is 5.56 Å². The summed E-state index contributed by atoms with van der Waals surface area (Å²) in [5.74, 6) is 3.34. The monoisotopic (exact) mass is 199 g/mol. The van der Waals surface area contributed by atoms with Crippen LogP contribution in [0.15, 0.2) is 22.8 Å². The van der Waals surface area contributed by atoms with E-state index >= 15 is 0 Å². The minimum absolute atomic E-state index is 0.167. The van der Waals surface area contributed by atoms with Crippen LogP contribution in [-0.2, 0) is 11.4 Å². The molecular formula is C9H7F2NO2. The number of fused-ring (bicyclic) bond motifs is 1. The van der Waals surface area contributed by atoms with Crippen molar-refractivity contribution in [1.82, 2.24) is 0 Å². The van der Waals surface area contributed by atoms with Crippen LogP contribution in [0.2, 0.25) is 0 Å². The van der Waals surface area contributed by atoms with Crippen molar-refractivity contribution >= 4 is 11.0 Å². The van der Waals surface area contributed by atoms with Crippen LogP contribution in [0.5, 0.6) is 0 Å². The van der Waals surface area contributed by atoms with Gasteiger partial charge in [0.1, 0.15) is 17.2 Å². The minimum Gasteiger partial charge on any atom is -0.464 e. The summed E-state index contributed by atoms with van der Waals surface area (Å²) < 4.78 is 31.6. The summed E-state index contributed by atoms with van der Waals surface area (Å²) in [6.07, 6.45) is 1.29. The molecule has 0 bridgehead atoms. The molecule has 1 heterocycles. The lowest BCUT2D eigenvalue weighted by molar-refractivity contribution is 0.119. The first-order valence-corrected chi connectivity index (χ1v) is 3.90. The first kappa shape index (κ1) is 9.11. The molecule has 0 atom stereocenters. The van der Waals surface area contributed by atoms with E-state index in [-0.39, 0.29) is 23.1 Å². The number of benzene rings is 1. The molecule has 3 nitrogen and oxygen atoms in total. The smallest absolute Gasteiger partial charge is 0.142 e. The predicted molar refractivity (Wildman–Crippen MR) is 45.1 cm³/mol. The van der Waals surface area contributed by atoms with E-state index in [1.165, 1.54) is 12.3 Å². The Kier molecular flexibility index (Phi) is 2.18. The zero-order valence-electron chi connectivity index (χ0n) is 7.09. The molecule has 1 aromatic carbocycles. The van der Waals surface area contributed by atoms with Gasteiger partial charge in [-0.2, -0.15) is 0 Å². The standard InChI is InChI=1S/C9H7F2NO2/c10-7-3-8-5(1-2-13-8)9(11)6(7)4-14-12/h1-3H,4,12H2. The molecule has 0 spiro atoms. The highest BCUT2D eigenvalue weighted by atomic mass is 19.1. The molecule has 2 rings (SSSR count). The van der Waals surface area contributed by atoms with Gasteiger partial charge in [0.15, 0.2) is 0 Å². The molecule has 2 aromatic rings. The van der Waals surface area contributed by atoms with Gasteiger partial charge in [0, 0.05) is 6.07 Å². The molecule has 0 amide bonds. The van der Waals surface area contributed by atoms with Gasteiger partial charge in [-0.15, -0.1) is 0 Å². The Morgan fingerprint density at radius 3 is 2.93 bits per heavy atom. The molecule has 0 saturated heterocycles. The third-order valence-corrected chi connectivity index (χ3v) is 1.97. The summed E-state index contributed by atoms with van der Waals surface area (Å²) in [7, 11) is 0. The number of halogens is 2. The molecule has 0 unspecified atom stereocenters. The van der Waals surface area contributed by atoms with Crippen molar-refractivity contribution in [3.05, 3.63) is 35.6 Å². The van der Waals surface area contributed by atoms with Crippen molar-refractivity contribution in [3.8, 4) is 0 Å². The molecule has 2 N–H and O–H groups in total. The van der Waals surface area contributed by atoms with Crippen LogP contribution in [0.25, 0.3) is 11.0 Å². The quantitative estimate of drug-likeness (QED) is 0.753. The number of rotatable bonds is 2. The van der Waals surface area contributed by atoms with Gasteiger partial charge in [0.05, 0.1) is 23.8 Å². The molecule has 0 aliphatic carbocycles. The molecule has 0 aliphatic rings. The van der Waals surface area contributed by atoms with E-state index < -0.39 is 11.6 Å². The lowest BCUT2D eigenvalue weighted by Crippen LogP contribution is -2.04. The fourth-order valence-electron chi connectivity index (χ4n) is 1.30. The second kappa shape index (κ2) is 3.36. The number of furan rings is 1. The molecule has 0 saturated carbocycles. The third kappa shape index (κ3) is 1.26. The van der Waals surface area contributed by atoms with Crippen LogP contribution in [0, 0.1) is 11.6 Å². The number of hydrogen-bond acceptors (Lipinski definition) is 3. The Bertz CT molecular complexity index is 467. The maximum atomic E-state index is 13.5. The Morgan fingerprint density at radius 1 is 1.43 bits per heavy atom. The van der Waals surface area contributed by atoms with Gasteiger partial charge >= 0.3 is 0 Å². The van der Waals surface area contributed by atoms with Crippen molar-refractivity contribution in [3.63, 3.8) is 0 Å². The SMILES string of the molecule is NOCc1c(F)cc2occc2c1F. The lowest BCUT2D eigenvalue weighted by atomic mass is 10.1. The van der Waals surface area contributed by atoms with Crippen molar-refractivity contribution in [2.24, 2.45) is 5.90 Å². The highest BCUT2D eigenvalue weighted by molar-refractivity contribution is 5.78. The Labute approximate surface area is 78.0 Å². The second-order valence-electron chi connectivity index (χ2n) is 2.79. The van der Waals surface area contributed by atoms with Crippen LogP contribution in [0.4, 0.5) is 8.78 Å². The summed E-state index contributed by atoms with van der Waals surface area (Å²) in [4.78, 5) is 4.20. The first-order valence-electron chi connectivity index (χ1n) is 3.90. The van der Waals surface area contributed by atoms with Gasteiger partial charge in [-0.1, -0.05) is 0 Å². The summed E-state index contributed by atoms with van der Waals surface area (Å²) in [6.45, 7) is -0.307. The van der Waals surface area contributed by atoms with Gasteiger partial charge in [0.2, 0.25) is 0 Å². The summed E-state index contributed by atoms with van der Waals surface area (Å²) in [6, 6.07) is 2.52. The van der Waals surface area contributed by atoms with Gasteiger partial charge in [0.25, 0.3) is 0 Å². The molecule has 0 aliphatic heterocycles. The zero-order valence-corrected chi connectivity index (χ0v) is 7.09. The maximum absolute atomic E-state index is 13.5. The molecule has 1 aromatic heterocycles. The normalized spacial score (nSPS) is 11.1. The van der Waals surface area contributed by atoms with Gasteiger partial charge in [-0.05, 0) is 6.07 Å². The second-order valence-corrected chi connectivity index (χ2v) is 2.79. The lowest BCUT2D eigenvalue weighted by Gasteiger charge is -2.03. The van der Waals surface area contributed by atoms with Gasteiger partial charge in [-0.25, -0.2) is 14.7 Å². The molecule has 14 heavy (non-hydrogen) atoms. The maximum Gasteiger partial charge on any atom is 0.142 e. The van der Waals surface area contributed by atoms with E-state index in [9.17, 15) is 8.78 Å². The number of hydrogen-bond donors (Lipinski definition) is 1. The van der Waals surface area contributed by atoms with E-state index in [0.29, 0.717) is 0 Å². The Morgan fingerprint density at radius 2 is 2.21 bits per heavy atom. The van der Waals surface area contributed by atoms with Crippen molar-refractivity contribution in [1.29, 1.82) is 0 Å². The van der Waals surface area contributed by atoms with Crippen LogP contribution < -0.4 is 5.90 Å². The van der Waals surface area contributed by atoms with E-state index in [0.717, 1.165) is 6.07 Å². The van der Waals surface area contributed by atoms with Gasteiger partial charge < -0.3 is 4.42 Å². The van der Waals surface area contributed by atoms with E-state index in [1.54, 1.807) is 0 Å². The Hall–Kier alpha value is -1.46. The number of nitrogens with two attached hydrogens (primary N) is 1. The zero-order chi connectivity index (χ0) is 10.1. The van der Waals surface area contributed by atoms with E-state index in [1.807, 2.05) is 0 Å². The minimum atomic E-state index is -0.726. The van der Waals surface area contributed by atoms with Crippen molar-refractivity contribution in [2.75, 3.05) is 0 Å². The van der Waals surface area contributed by atoms with E-state index in [4.69, 9.17) is 10.3 Å². The average Bonchev–Trinajstić information content (AvgIpc) is 2.60. The summed E-state index contributed by atoms with van der Waals surface area (Å²) >= 11 is 0. The largest absolute Gasteiger partial charge is 0.464 e. The van der Waals surface area contributed by atoms with Crippen molar-refractivity contribution in [2.45, 2.75) is 6.61 Å². The van der Waals surface area contributed by atoms with Crippen LogP contribution in [0.3, 0.4) is 0 Å². The molecule has 0 radical (unpaired) electrons. The van der Waals surface area contributed by atoms with Crippen molar-refractivity contribution < 1.29 is 18.0 Å². The molecular weight excluding hydrogens is 192 g/mol. The predicted octanol–water partition coefficient (Wildman–Crippen LogP) is 2.10. The topological polar surface area (TPSA) is 48.4 Å². The molecule has 0 fully saturated rings. The first-order chi connectivity index (χ1) is 6.74. The Balaban J connectivity index is 2.69. The van der Waals surface area contributed by atoms with E-state index in [2.05, 4.69) is 4.84 Å². The van der Waals surface area contributed by atoms with Crippen LogP contribution >= 0.6 is 0 Å². The third-order valence-electron chi connectivity index (χ3n) is 1.97. The highest BCUT2D eigenvalue weighted by Crippen LogP contribution is 2.25. The fraction of sp³-hybridized carbons (Fsp3) is 0.111. The summed E-state index contributed by atoms with van der Waals surface area (Å²) in [5, 5.41) is 0.221. The highest BCUT2D eigenvalue weighted by Gasteiger charge is 2.15. The molecule has 5 heteroatoms. The summed E-state index contributed by atoms with van der Waals surface area (Å²) in [5.41, 5.74) is -0.0258.